The largest absolute Gasteiger partial charge is 0.478 e. The number of benzene rings is 1. The van der Waals surface area contributed by atoms with Gasteiger partial charge in [0, 0.05) is 18.3 Å². The van der Waals surface area contributed by atoms with Gasteiger partial charge in [0.2, 0.25) is 0 Å². The Bertz CT molecular complexity index is 1150. The second-order valence-corrected chi connectivity index (χ2v) is 7.62. The third-order valence-corrected chi connectivity index (χ3v) is 5.65. The molecular formula is C23H21N3O5S. The van der Waals surface area contributed by atoms with Crippen molar-refractivity contribution >= 4 is 29.3 Å². The highest BCUT2D eigenvalue weighted by atomic mass is 32.1. The van der Waals surface area contributed by atoms with Crippen molar-refractivity contribution in [3.8, 4) is 11.3 Å². The Morgan fingerprint density at radius 1 is 1.22 bits per heavy atom. The quantitative estimate of drug-likeness (QED) is 0.412. The predicted octanol–water partition coefficient (Wildman–Crippen LogP) is 3.58. The fraction of sp³-hybridized carbons (Fsp3) is 0.217. The number of hydrogen-bond acceptors (Lipinski definition) is 6. The molecule has 0 saturated carbocycles. The van der Waals surface area contributed by atoms with E-state index in [1.165, 1.54) is 13.2 Å². The Balaban J connectivity index is 1.69. The number of aromatic carboxylic acids is 1. The van der Waals surface area contributed by atoms with Crippen molar-refractivity contribution in [3.63, 3.8) is 0 Å². The number of nitrogens with one attached hydrogen (secondary N) is 1. The van der Waals surface area contributed by atoms with Crippen LogP contribution in [0.1, 0.15) is 40.3 Å². The molecule has 4 rings (SSSR count). The van der Waals surface area contributed by atoms with Crippen LogP contribution in [0.2, 0.25) is 0 Å². The summed E-state index contributed by atoms with van der Waals surface area (Å²) < 4.78 is 11.0. The van der Waals surface area contributed by atoms with Crippen LogP contribution in [0.4, 0.5) is 0 Å². The number of rotatable bonds is 7. The van der Waals surface area contributed by atoms with Gasteiger partial charge in [0.05, 0.1) is 30.8 Å². The maximum Gasteiger partial charge on any atom is 0.335 e. The van der Waals surface area contributed by atoms with E-state index >= 15 is 0 Å². The molecule has 164 valence electrons. The summed E-state index contributed by atoms with van der Waals surface area (Å²) in [6.45, 7) is 0.344. The summed E-state index contributed by atoms with van der Waals surface area (Å²) in [5.74, 6) is -0.186. The highest BCUT2D eigenvalue weighted by Crippen LogP contribution is 2.40. The summed E-state index contributed by atoms with van der Waals surface area (Å²) in [7, 11) is 1.35. The van der Waals surface area contributed by atoms with Crippen LogP contribution in [0, 0.1) is 0 Å². The lowest BCUT2D eigenvalue weighted by atomic mass is 10.0. The van der Waals surface area contributed by atoms with Gasteiger partial charge in [-0.15, -0.1) is 0 Å². The third-order valence-electron chi connectivity index (χ3n) is 5.29. The number of carbonyl (C=O) groups is 2. The standard InChI is InChI=1S/C23H21N3O5S/c1-30-19(27)10-12-26-21(20(25-23(26)32)16-7-2-3-11-24-16)18-9-8-17(31-18)14-5-4-6-15(13-14)22(28)29/h2-9,11,13,20-21H,10,12H2,1H3,(H,25,32)(H,28,29)/t20-,21-/m1/s1. The fourth-order valence-corrected chi connectivity index (χ4v) is 4.07. The number of methoxy groups -OCH3 is 1. The molecule has 2 N–H and O–H groups in total. The number of esters is 1. The maximum atomic E-state index is 11.7. The summed E-state index contributed by atoms with van der Waals surface area (Å²) in [5, 5.41) is 13.1. The van der Waals surface area contributed by atoms with Crippen LogP contribution < -0.4 is 5.32 Å². The molecule has 1 aliphatic heterocycles. The molecule has 0 aliphatic carbocycles. The molecule has 1 saturated heterocycles. The smallest absolute Gasteiger partial charge is 0.335 e. The molecule has 0 radical (unpaired) electrons. The molecule has 32 heavy (non-hydrogen) atoms. The molecule has 0 amide bonds. The van der Waals surface area contributed by atoms with E-state index < -0.39 is 5.97 Å². The van der Waals surface area contributed by atoms with Crippen LogP contribution in [0.25, 0.3) is 11.3 Å². The number of nitrogens with zero attached hydrogens (tertiary/aromatic N) is 2. The first-order valence-electron chi connectivity index (χ1n) is 9.96. The summed E-state index contributed by atoms with van der Waals surface area (Å²) >= 11 is 5.56. The average molecular weight is 452 g/mol. The average Bonchev–Trinajstić information content (AvgIpc) is 3.42. The second-order valence-electron chi connectivity index (χ2n) is 7.23. The molecular weight excluding hydrogens is 430 g/mol. The van der Waals surface area contributed by atoms with E-state index in [0.717, 1.165) is 5.69 Å². The van der Waals surface area contributed by atoms with Crippen molar-refractivity contribution < 1.29 is 23.8 Å². The minimum Gasteiger partial charge on any atom is -0.478 e. The number of carbonyl (C=O) groups excluding carboxylic acids is 1. The Morgan fingerprint density at radius 2 is 2.06 bits per heavy atom. The fourth-order valence-electron chi connectivity index (χ4n) is 3.74. The van der Waals surface area contributed by atoms with E-state index in [4.69, 9.17) is 21.4 Å². The summed E-state index contributed by atoms with van der Waals surface area (Å²) in [4.78, 5) is 29.4. The number of hydrogen-bond donors (Lipinski definition) is 2. The first kappa shape index (κ1) is 21.5. The SMILES string of the molecule is COC(=O)CCN1C(=S)N[C@H](c2ccccn2)[C@H]1c1ccc(-c2cccc(C(=O)O)c2)o1. The first-order valence-corrected chi connectivity index (χ1v) is 10.4. The van der Waals surface area contributed by atoms with E-state index in [-0.39, 0.29) is 30.0 Å². The molecule has 3 heterocycles. The second kappa shape index (κ2) is 9.19. The van der Waals surface area contributed by atoms with Gasteiger partial charge in [0.15, 0.2) is 5.11 Å². The van der Waals surface area contributed by atoms with Crippen LogP contribution in [0.5, 0.6) is 0 Å². The highest BCUT2D eigenvalue weighted by molar-refractivity contribution is 7.80. The van der Waals surface area contributed by atoms with Gasteiger partial charge in [-0.25, -0.2) is 4.79 Å². The number of pyridine rings is 1. The Morgan fingerprint density at radius 3 is 2.78 bits per heavy atom. The number of ether oxygens (including phenoxy) is 1. The van der Waals surface area contributed by atoms with Crippen molar-refractivity contribution in [1.82, 2.24) is 15.2 Å². The molecule has 2 atom stereocenters. The summed E-state index contributed by atoms with van der Waals surface area (Å²) in [6.07, 6.45) is 1.87. The molecule has 1 fully saturated rings. The van der Waals surface area contributed by atoms with Crippen LogP contribution in [-0.2, 0) is 9.53 Å². The lowest BCUT2D eigenvalue weighted by molar-refractivity contribution is -0.140. The van der Waals surface area contributed by atoms with Gasteiger partial charge in [0.25, 0.3) is 0 Å². The normalized spacial score (nSPS) is 17.8. The molecule has 1 aromatic carbocycles. The van der Waals surface area contributed by atoms with Gasteiger partial charge in [-0.05, 0) is 48.6 Å². The number of furan rings is 1. The van der Waals surface area contributed by atoms with Crippen molar-refractivity contribution in [1.29, 1.82) is 0 Å². The van der Waals surface area contributed by atoms with Gasteiger partial charge in [-0.3, -0.25) is 9.78 Å². The molecule has 3 aromatic rings. The van der Waals surface area contributed by atoms with E-state index in [1.807, 2.05) is 29.2 Å². The van der Waals surface area contributed by atoms with Gasteiger partial charge >= 0.3 is 11.9 Å². The summed E-state index contributed by atoms with van der Waals surface area (Å²) in [6, 6.07) is 15.2. The minimum absolute atomic E-state index is 0.165. The molecule has 2 aromatic heterocycles. The number of carboxylic acid groups (broad SMARTS) is 1. The summed E-state index contributed by atoms with van der Waals surface area (Å²) in [5.41, 5.74) is 1.61. The van der Waals surface area contributed by atoms with Gasteiger partial charge in [-0.1, -0.05) is 18.2 Å². The lowest BCUT2D eigenvalue weighted by Gasteiger charge is -2.25. The van der Waals surface area contributed by atoms with Crippen LogP contribution >= 0.6 is 12.2 Å². The molecule has 1 aliphatic rings. The van der Waals surface area contributed by atoms with Gasteiger partial charge in [-0.2, -0.15) is 0 Å². The first-order chi connectivity index (χ1) is 15.5. The van der Waals surface area contributed by atoms with Gasteiger partial charge < -0.3 is 24.5 Å². The molecule has 0 bridgehead atoms. The number of aromatic nitrogens is 1. The monoisotopic (exact) mass is 451 g/mol. The van der Waals surface area contributed by atoms with Crippen molar-refractivity contribution in [2.45, 2.75) is 18.5 Å². The van der Waals surface area contributed by atoms with Gasteiger partial charge in [0.1, 0.15) is 17.6 Å². The highest BCUT2D eigenvalue weighted by Gasteiger charge is 2.41. The zero-order valence-electron chi connectivity index (χ0n) is 17.2. The Labute approximate surface area is 189 Å². The number of carboxylic acids is 1. The zero-order chi connectivity index (χ0) is 22.7. The van der Waals surface area contributed by atoms with E-state index in [0.29, 0.717) is 28.7 Å². The van der Waals surface area contributed by atoms with Crippen molar-refractivity contribution in [2.75, 3.05) is 13.7 Å². The topological polar surface area (TPSA) is 105 Å². The van der Waals surface area contributed by atoms with Crippen molar-refractivity contribution in [3.05, 3.63) is 77.8 Å². The zero-order valence-corrected chi connectivity index (χ0v) is 18.0. The van der Waals surface area contributed by atoms with E-state index in [1.54, 1.807) is 30.5 Å². The van der Waals surface area contributed by atoms with Crippen LogP contribution in [0.3, 0.4) is 0 Å². The molecule has 8 nitrogen and oxygen atoms in total. The third kappa shape index (κ3) is 4.33. The predicted molar refractivity (Wildman–Crippen MR) is 120 cm³/mol. The lowest BCUT2D eigenvalue weighted by Crippen LogP contribution is -2.31. The van der Waals surface area contributed by atoms with E-state index in [9.17, 15) is 14.7 Å². The maximum absolute atomic E-state index is 11.7. The molecule has 0 unspecified atom stereocenters. The van der Waals surface area contributed by atoms with Crippen molar-refractivity contribution in [2.24, 2.45) is 0 Å². The van der Waals surface area contributed by atoms with E-state index in [2.05, 4.69) is 10.3 Å². The molecule has 9 heteroatoms. The van der Waals surface area contributed by atoms with Crippen LogP contribution in [0.15, 0.2) is 65.2 Å². The Hall–Kier alpha value is -3.72. The molecule has 0 spiro atoms. The number of thiocarbonyl (C=S) groups is 1. The Kier molecular flexibility index (Phi) is 6.18. The van der Waals surface area contributed by atoms with Crippen LogP contribution in [-0.4, -0.2) is 45.7 Å². The minimum atomic E-state index is -1.01.